The zero-order valence-corrected chi connectivity index (χ0v) is 5.66. The first-order valence-electron chi connectivity index (χ1n) is 3.08. The number of hydrogen-bond donors (Lipinski definition) is 0. The summed E-state index contributed by atoms with van der Waals surface area (Å²) in [6.07, 6.45) is 2.60. The van der Waals surface area contributed by atoms with E-state index < -0.39 is 0 Å². The number of allylic oxidation sites excluding steroid dienone is 2. The van der Waals surface area contributed by atoms with E-state index in [1.54, 1.807) is 6.08 Å². The largest absolute Gasteiger partial charge is 0.251 e. The fourth-order valence-electron chi connectivity index (χ4n) is 0.552. The van der Waals surface area contributed by atoms with Gasteiger partial charge in [-0.2, -0.15) is 0 Å². The summed E-state index contributed by atoms with van der Waals surface area (Å²) in [5.41, 5.74) is 0.940. The molecule has 54 valence electrons. The Morgan fingerprint density at radius 2 is 2.00 bits per heavy atom. The van der Waals surface area contributed by atoms with Gasteiger partial charge in [-0.15, -0.1) is 0 Å². The molecule has 0 fully saturated rings. The van der Waals surface area contributed by atoms with Gasteiger partial charge in [-0.05, 0) is 19.8 Å². The summed E-state index contributed by atoms with van der Waals surface area (Å²) in [7, 11) is 0. The molecule has 0 nitrogen and oxygen atoms in total. The van der Waals surface area contributed by atoms with Gasteiger partial charge >= 0.3 is 0 Å². The molecule has 0 spiro atoms. The normalized spacial score (nSPS) is 12.1. The van der Waals surface area contributed by atoms with Crippen LogP contribution in [0.3, 0.4) is 0 Å². The highest BCUT2D eigenvalue weighted by Gasteiger charge is 1.86. The molecule has 0 aromatic carbocycles. The van der Waals surface area contributed by atoms with Gasteiger partial charge in [0.1, 0.15) is 0 Å². The third kappa shape index (κ3) is 5.47. The lowest BCUT2D eigenvalue weighted by Gasteiger charge is -1.92. The van der Waals surface area contributed by atoms with Crippen LogP contribution in [0.5, 0.6) is 0 Å². The van der Waals surface area contributed by atoms with Crippen LogP contribution in [0.15, 0.2) is 11.6 Å². The number of alkyl halides is 2. The van der Waals surface area contributed by atoms with E-state index in [1.165, 1.54) is 0 Å². The minimum Gasteiger partial charge on any atom is -0.251 e. The summed E-state index contributed by atoms with van der Waals surface area (Å²) in [5, 5.41) is 0. The van der Waals surface area contributed by atoms with Gasteiger partial charge in [0.25, 0.3) is 0 Å². The van der Waals surface area contributed by atoms with Crippen molar-refractivity contribution >= 4 is 0 Å². The second-order valence-corrected chi connectivity index (χ2v) is 1.97. The Morgan fingerprint density at radius 3 is 2.44 bits per heavy atom. The second kappa shape index (κ2) is 5.73. The Morgan fingerprint density at radius 1 is 1.33 bits per heavy atom. The number of hydrogen-bond acceptors (Lipinski definition) is 0. The average molecular weight is 134 g/mol. The van der Waals surface area contributed by atoms with Gasteiger partial charge in [0.05, 0.1) is 13.3 Å². The Balaban J connectivity index is 3.30. The lowest BCUT2D eigenvalue weighted by Crippen LogP contribution is -1.79. The Bertz CT molecular complexity index is 86.9. The van der Waals surface area contributed by atoms with Crippen molar-refractivity contribution < 1.29 is 8.78 Å². The van der Waals surface area contributed by atoms with E-state index in [1.807, 2.05) is 6.92 Å². The van der Waals surface area contributed by atoms with Crippen LogP contribution >= 0.6 is 0 Å². The molecule has 9 heavy (non-hydrogen) atoms. The molecule has 0 N–H and O–H groups in total. The van der Waals surface area contributed by atoms with Gasteiger partial charge in [0, 0.05) is 0 Å². The van der Waals surface area contributed by atoms with Gasteiger partial charge in [0.15, 0.2) is 0 Å². The fourth-order valence-corrected chi connectivity index (χ4v) is 0.552. The van der Waals surface area contributed by atoms with Crippen LogP contribution in [-0.2, 0) is 0 Å². The number of halogens is 2. The van der Waals surface area contributed by atoms with Crippen LogP contribution in [0.4, 0.5) is 8.78 Å². The summed E-state index contributed by atoms with van der Waals surface area (Å²) in [6, 6.07) is 0. The molecule has 0 aromatic rings. The summed E-state index contributed by atoms with van der Waals surface area (Å²) < 4.78 is 23.0. The highest BCUT2D eigenvalue weighted by atomic mass is 19.1. The van der Waals surface area contributed by atoms with Gasteiger partial charge in [-0.1, -0.05) is 11.6 Å². The first kappa shape index (κ1) is 8.60. The van der Waals surface area contributed by atoms with E-state index in [4.69, 9.17) is 0 Å². The second-order valence-electron chi connectivity index (χ2n) is 1.97. The maximum atomic E-state index is 11.5. The van der Waals surface area contributed by atoms with Gasteiger partial charge in [-0.25, -0.2) is 0 Å². The minimum atomic E-state index is -0.344. The molecule has 0 rings (SSSR count). The fraction of sp³-hybridized carbons (Fsp3) is 0.714. The SMILES string of the molecule is C/C(=C\CCF)CCF. The number of rotatable bonds is 4. The lowest BCUT2D eigenvalue weighted by molar-refractivity contribution is 0.487. The molecule has 0 aliphatic carbocycles. The van der Waals surface area contributed by atoms with E-state index in [0.717, 1.165) is 5.57 Å². The quantitative estimate of drug-likeness (QED) is 0.518. The molecule has 0 aliphatic heterocycles. The van der Waals surface area contributed by atoms with Gasteiger partial charge < -0.3 is 0 Å². The van der Waals surface area contributed by atoms with Crippen LogP contribution in [0, 0.1) is 0 Å². The molecule has 0 atom stereocenters. The van der Waals surface area contributed by atoms with E-state index in [2.05, 4.69) is 0 Å². The Hall–Kier alpha value is -0.400. The van der Waals surface area contributed by atoms with Crippen molar-refractivity contribution in [3.63, 3.8) is 0 Å². The standard InChI is InChI=1S/C7H12F2/c1-7(4-6-9)3-2-5-8/h3H,2,4-6H2,1H3/b7-3+. The van der Waals surface area contributed by atoms with Gasteiger partial charge in [0.2, 0.25) is 0 Å². The predicted molar refractivity (Wildman–Crippen MR) is 34.9 cm³/mol. The van der Waals surface area contributed by atoms with E-state index in [9.17, 15) is 8.78 Å². The van der Waals surface area contributed by atoms with Gasteiger partial charge in [-0.3, -0.25) is 8.78 Å². The highest BCUT2D eigenvalue weighted by Crippen LogP contribution is 2.01. The molecule has 0 unspecified atom stereocenters. The lowest BCUT2D eigenvalue weighted by atomic mass is 10.2. The van der Waals surface area contributed by atoms with Crippen molar-refractivity contribution in [2.24, 2.45) is 0 Å². The Kier molecular flexibility index (Phi) is 5.48. The van der Waals surface area contributed by atoms with E-state index in [0.29, 0.717) is 12.8 Å². The summed E-state index contributed by atoms with van der Waals surface area (Å²) in [4.78, 5) is 0. The van der Waals surface area contributed by atoms with Crippen molar-refractivity contribution in [3.8, 4) is 0 Å². The van der Waals surface area contributed by atoms with Crippen molar-refractivity contribution in [2.45, 2.75) is 19.8 Å². The first-order valence-corrected chi connectivity index (χ1v) is 3.08. The summed E-state index contributed by atoms with van der Waals surface area (Å²) >= 11 is 0. The third-order valence-electron chi connectivity index (χ3n) is 1.09. The summed E-state index contributed by atoms with van der Waals surface area (Å²) in [5.74, 6) is 0. The molecular formula is C7H12F2. The average Bonchev–Trinajstić information content (AvgIpc) is 1.85. The molecule has 0 aromatic heterocycles. The van der Waals surface area contributed by atoms with Crippen LogP contribution < -0.4 is 0 Å². The van der Waals surface area contributed by atoms with Crippen LogP contribution in [-0.4, -0.2) is 13.3 Å². The minimum absolute atomic E-state index is 0.339. The van der Waals surface area contributed by atoms with Crippen molar-refractivity contribution in [3.05, 3.63) is 11.6 Å². The zero-order chi connectivity index (χ0) is 7.11. The zero-order valence-electron chi connectivity index (χ0n) is 5.66. The van der Waals surface area contributed by atoms with Crippen molar-refractivity contribution in [1.29, 1.82) is 0 Å². The molecule has 0 bridgehead atoms. The molecule has 0 aliphatic rings. The van der Waals surface area contributed by atoms with Crippen molar-refractivity contribution in [1.82, 2.24) is 0 Å². The molecule has 0 saturated heterocycles. The summed E-state index contributed by atoms with van der Waals surface area (Å²) in [6.45, 7) is 1.13. The molecule has 0 saturated carbocycles. The molecule has 0 amide bonds. The molecule has 0 radical (unpaired) electrons. The van der Waals surface area contributed by atoms with Crippen LogP contribution in [0.1, 0.15) is 19.8 Å². The molecule has 2 heteroatoms. The van der Waals surface area contributed by atoms with Crippen LogP contribution in [0.2, 0.25) is 0 Å². The monoisotopic (exact) mass is 134 g/mol. The van der Waals surface area contributed by atoms with E-state index in [-0.39, 0.29) is 13.3 Å². The molecular weight excluding hydrogens is 122 g/mol. The first-order chi connectivity index (χ1) is 4.31. The van der Waals surface area contributed by atoms with Crippen LogP contribution in [0.25, 0.3) is 0 Å². The molecule has 0 heterocycles. The topological polar surface area (TPSA) is 0 Å². The Labute approximate surface area is 54.6 Å². The highest BCUT2D eigenvalue weighted by molar-refractivity contribution is 4.97. The third-order valence-corrected chi connectivity index (χ3v) is 1.09. The smallest absolute Gasteiger partial charge is 0.0931 e. The van der Waals surface area contributed by atoms with E-state index >= 15 is 0 Å². The van der Waals surface area contributed by atoms with Crippen molar-refractivity contribution in [2.75, 3.05) is 13.3 Å². The maximum absolute atomic E-state index is 11.5. The maximum Gasteiger partial charge on any atom is 0.0931 e. The predicted octanol–water partition coefficient (Wildman–Crippen LogP) is 2.65.